The lowest BCUT2D eigenvalue weighted by Gasteiger charge is -2.10. The van der Waals surface area contributed by atoms with E-state index >= 15 is 0 Å². The van der Waals surface area contributed by atoms with Crippen molar-refractivity contribution in [3.8, 4) is 0 Å². The number of alkyl halides is 2. The zero-order valence-electron chi connectivity index (χ0n) is 8.50. The van der Waals surface area contributed by atoms with Crippen LogP contribution in [-0.4, -0.2) is 20.6 Å². The molecule has 0 bridgehead atoms. The molecule has 1 aromatic heterocycles. The summed E-state index contributed by atoms with van der Waals surface area (Å²) >= 11 is 0. The highest BCUT2D eigenvalue weighted by atomic mass is 19.3. The van der Waals surface area contributed by atoms with Gasteiger partial charge in [-0.25, -0.2) is 4.98 Å². The van der Waals surface area contributed by atoms with Gasteiger partial charge in [0.1, 0.15) is 0 Å². The molecule has 1 heterocycles. The first-order valence-electron chi connectivity index (χ1n) is 4.43. The molecular weight excluding hydrogens is 206 g/mol. The van der Waals surface area contributed by atoms with E-state index in [0.717, 1.165) is 6.92 Å². The van der Waals surface area contributed by atoms with Gasteiger partial charge in [-0.2, -0.15) is 8.78 Å². The van der Waals surface area contributed by atoms with Crippen molar-refractivity contribution >= 4 is 5.97 Å². The molecule has 0 atom stereocenters. The largest absolute Gasteiger partial charge is 0.481 e. The van der Waals surface area contributed by atoms with E-state index in [1.165, 1.54) is 17.8 Å². The number of aromatic nitrogens is 2. The van der Waals surface area contributed by atoms with E-state index in [0.29, 0.717) is 5.69 Å². The number of carbonyl (C=O) groups is 1. The molecule has 0 aliphatic rings. The fraction of sp³-hybridized carbons (Fsp3) is 0.556. The number of aliphatic carboxylic acids is 1. The lowest BCUT2D eigenvalue weighted by atomic mass is 10.2. The average Bonchev–Trinajstić information content (AvgIpc) is 2.42. The van der Waals surface area contributed by atoms with Crippen LogP contribution in [0.25, 0.3) is 0 Å². The van der Waals surface area contributed by atoms with Crippen LogP contribution in [0.1, 0.15) is 24.9 Å². The smallest absolute Gasteiger partial charge is 0.303 e. The fourth-order valence-corrected chi connectivity index (χ4v) is 1.32. The van der Waals surface area contributed by atoms with E-state index in [1.807, 2.05) is 0 Å². The van der Waals surface area contributed by atoms with Crippen LogP contribution in [0, 0.1) is 0 Å². The molecule has 1 aromatic rings. The highest BCUT2D eigenvalue weighted by molar-refractivity contribution is 5.66. The average molecular weight is 218 g/mol. The predicted molar refractivity (Wildman–Crippen MR) is 48.7 cm³/mol. The first-order valence-corrected chi connectivity index (χ1v) is 4.43. The van der Waals surface area contributed by atoms with Crippen LogP contribution in [-0.2, 0) is 24.2 Å². The first-order chi connectivity index (χ1) is 6.82. The van der Waals surface area contributed by atoms with E-state index in [-0.39, 0.29) is 18.7 Å². The maximum Gasteiger partial charge on any atom is 0.303 e. The Labute approximate surface area is 85.5 Å². The Bertz CT molecular complexity index is 369. The summed E-state index contributed by atoms with van der Waals surface area (Å²) in [4.78, 5) is 13.9. The highest BCUT2D eigenvalue weighted by Crippen LogP contribution is 2.25. The molecule has 0 radical (unpaired) electrons. The standard InChI is InChI=1S/C9H12F2N2O2/c1-9(10,11)8-12-5-6(13(8)2)3-4-7(14)15/h5H,3-4H2,1-2H3,(H,14,15). The lowest BCUT2D eigenvalue weighted by Crippen LogP contribution is -2.15. The molecule has 4 nitrogen and oxygen atoms in total. The second kappa shape index (κ2) is 3.96. The third kappa shape index (κ3) is 2.74. The third-order valence-corrected chi connectivity index (χ3v) is 2.07. The van der Waals surface area contributed by atoms with Crippen molar-refractivity contribution in [2.75, 3.05) is 0 Å². The number of imidazole rings is 1. The zero-order valence-corrected chi connectivity index (χ0v) is 8.50. The number of nitrogens with zero attached hydrogens (tertiary/aromatic N) is 2. The van der Waals surface area contributed by atoms with Gasteiger partial charge in [0.15, 0.2) is 5.82 Å². The number of aryl methyl sites for hydroxylation is 1. The van der Waals surface area contributed by atoms with Crippen molar-refractivity contribution < 1.29 is 18.7 Å². The van der Waals surface area contributed by atoms with Gasteiger partial charge in [-0.3, -0.25) is 4.79 Å². The Balaban J connectivity index is 2.85. The summed E-state index contributed by atoms with van der Waals surface area (Å²) in [6.07, 6.45) is 1.40. The molecule has 0 fully saturated rings. The molecule has 6 heteroatoms. The second-order valence-electron chi connectivity index (χ2n) is 3.41. The van der Waals surface area contributed by atoms with Crippen LogP contribution in [0.15, 0.2) is 6.20 Å². The van der Waals surface area contributed by atoms with Gasteiger partial charge in [0.05, 0.1) is 6.42 Å². The van der Waals surface area contributed by atoms with Gasteiger partial charge < -0.3 is 9.67 Å². The number of carboxylic acids is 1. The molecule has 1 N–H and O–H groups in total. The van der Waals surface area contributed by atoms with Gasteiger partial charge >= 0.3 is 11.9 Å². The minimum atomic E-state index is -3.00. The molecule has 0 amide bonds. The van der Waals surface area contributed by atoms with Crippen molar-refractivity contribution in [1.82, 2.24) is 9.55 Å². The van der Waals surface area contributed by atoms with Gasteiger partial charge in [0.25, 0.3) is 0 Å². The molecule has 1 rings (SSSR count). The van der Waals surface area contributed by atoms with Gasteiger partial charge in [-0.1, -0.05) is 0 Å². The monoisotopic (exact) mass is 218 g/mol. The van der Waals surface area contributed by atoms with Crippen molar-refractivity contribution in [2.24, 2.45) is 7.05 Å². The molecule has 0 unspecified atom stereocenters. The Hall–Kier alpha value is -1.46. The Kier molecular flexibility index (Phi) is 3.06. The molecule has 0 aliphatic carbocycles. The van der Waals surface area contributed by atoms with Gasteiger partial charge in [0, 0.05) is 25.9 Å². The molecule has 15 heavy (non-hydrogen) atoms. The summed E-state index contributed by atoms with van der Waals surface area (Å²) in [5, 5.41) is 8.45. The van der Waals surface area contributed by atoms with Crippen LogP contribution in [0.3, 0.4) is 0 Å². The molecule has 0 saturated heterocycles. The number of hydrogen-bond donors (Lipinski definition) is 1. The summed E-state index contributed by atoms with van der Waals surface area (Å²) in [6, 6.07) is 0. The SMILES string of the molecule is Cn1c(CCC(=O)O)cnc1C(C)(F)F. The first kappa shape index (κ1) is 11.6. The van der Waals surface area contributed by atoms with Crippen molar-refractivity contribution in [1.29, 1.82) is 0 Å². The predicted octanol–water partition coefficient (Wildman–Crippen LogP) is 1.55. The summed E-state index contributed by atoms with van der Waals surface area (Å²) in [6.45, 7) is 0.760. The van der Waals surface area contributed by atoms with Crippen molar-refractivity contribution in [2.45, 2.75) is 25.7 Å². The van der Waals surface area contributed by atoms with E-state index in [4.69, 9.17) is 5.11 Å². The van der Waals surface area contributed by atoms with Crippen molar-refractivity contribution in [3.63, 3.8) is 0 Å². The van der Waals surface area contributed by atoms with Gasteiger partial charge in [0.2, 0.25) is 0 Å². The fourth-order valence-electron chi connectivity index (χ4n) is 1.32. The van der Waals surface area contributed by atoms with Crippen LogP contribution >= 0.6 is 0 Å². The molecular formula is C9H12F2N2O2. The summed E-state index contributed by atoms with van der Waals surface area (Å²) in [5.74, 6) is -4.31. The molecule has 0 aromatic carbocycles. The third-order valence-electron chi connectivity index (χ3n) is 2.07. The van der Waals surface area contributed by atoms with Gasteiger partial charge in [-0.05, 0) is 6.42 Å². The maximum atomic E-state index is 12.9. The van der Waals surface area contributed by atoms with Crippen LogP contribution in [0.4, 0.5) is 8.78 Å². The Morgan fingerprint density at radius 3 is 2.67 bits per heavy atom. The van der Waals surface area contributed by atoms with E-state index in [1.54, 1.807) is 0 Å². The topological polar surface area (TPSA) is 55.1 Å². The molecule has 0 spiro atoms. The van der Waals surface area contributed by atoms with Crippen molar-refractivity contribution in [3.05, 3.63) is 17.7 Å². The lowest BCUT2D eigenvalue weighted by molar-refractivity contribution is -0.136. The molecule has 0 saturated carbocycles. The summed E-state index contributed by atoms with van der Waals surface area (Å²) < 4.78 is 27.1. The van der Waals surface area contributed by atoms with E-state index in [9.17, 15) is 13.6 Å². The number of halogens is 2. The summed E-state index contributed by atoms with van der Waals surface area (Å²) in [5.41, 5.74) is 0.494. The zero-order chi connectivity index (χ0) is 11.6. The molecule has 0 aliphatic heterocycles. The summed E-state index contributed by atoms with van der Waals surface area (Å²) in [7, 11) is 1.46. The van der Waals surface area contributed by atoms with Crippen LogP contribution < -0.4 is 0 Å². The second-order valence-corrected chi connectivity index (χ2v) is 3.41. The quantitative estimate of drug-likeness (QED) is 0.834. The van der Waals surface area contributed by atoms with Crippen LogP contribution in [0.2, 0.25) is 0 Å². The number of hydrogen-bond acceptors (Lipinski definition) is 2. The van der Waals surface area contributed by atoms with E-state index in [2.05, 4.69) is 4.98 Å². The Morgan fingerprint density at radius 1 is 1.67 bits per heavy atom. The number of carboxylic acid groups (broad SMARTS) is 1. The highest BCUT2D eigenvalue weighted by Gasteiger charge is 2.30. The number of rotatable bonds is 4. The van der Waals surface area contributed by atoms with Gasteiger partial charge in [-0.15, -0.1) is 0 Å². The minimum absolute atomic E-state index is 0.0890. The molecule has 84 valence electrons. The maximum absolute atomic E-state index is 12.9. The normalized spacial score (nSPS) is 11.7. The van der Waals surface area contributed by atoms with E-state index < -0.39 is 11.9 Å². The minimum Gasteiger partial charge on any atom is -0.481 e. The Morgan fingerprint density at radius 2 is 2.27 bits per heavy atom. The van der Waals surface area contributed by atoms with Crippen LogP contribution in [0.5, 0.6) is 0 Å².